The second kappa shape index (κ2) is 7.70. The van der Waals surface area contributed by atoms with Crippen molar-refractivity contribution >= 4 is 46.9 Å². The minimum absolute atomic E-state index is 0.313. The summed E-state index contributed by atoms with van der Waals surface area (Å²) < 4.78 is 0. The van der Waals surface area contributed by atoms with E-state index in [0.29, 0.717) is 17.1 Å². The summed E-state index contributed by atoms with van der Waals surface area (Å²) in [6.07, 6.45) is 2.48. The van der Waals surface area contributed by atoms with E-state index in [0.717, 1.165) is 16.2 Å². The lowest BCUT2D eigenvalue weighted by Crippen LogP contribution is -2.38. The third-order valence-corrected chi connectivity index (χ3v) is 4.61. The van der Waals surface area contributed by atoms with Gasteiger partial charge < -0.3 is 10.6 Å². The van der Waals surface area contributed by atoms with Gasteiger partial charge in [0.25, 0.3) is 5.91 Å². The fourth-order valence-corrected chi connectivity index (χ4v) is 2.88. The summed E-state index contributed by atoms with van der Waals surface area (Å²) in [5.41, 5.74) is 1.30. The zero-order valence-corrected chi connectivity index (χ0v) is 14.5. The molecule has 6 nitrogen and oxygen atoms in total. The quantitative estimate of drug-likeness (QED) is 0.767. The third kappa shape index (κ3) is 4.17. The first-order valence-electron chi connectivity index (χ1n) is 7.09. The van der Waals surface area contributed by atoms with Crippen LogP contribution in [0.3, 0.4) is 0 Å². The number of amides is 4. The number of benzene rings is 1. The zero-order chi connectivity index (χ0) is 17.0. The highest BCUT2D eigenvalue weighted by atomic mass is 35.5. The monoisotopic (exact) mass is 355 g/mol. The Labute approximate surface area is 143 Å². The van der Waals surface area contributed by atoms with Crippen LogP contribution in [0.5, 0.6) is 0 Å². The number of anilines is 1. The molecule has 1 fully saturated rings. The molecule has 0 aliphatic carbocycles. The van der Waals surface area contributed by atoms with Crippen molar-refractivity contribution in [1.29, 1.82) is 0 Å². The van der Waals surface area contributed by atoms with E-state index in [9.17, 15) is 14.4 Å². The second-order valence-corrected chi connectivity index (χ2v) is 6.56. The first-order valence-corrected chi connectivity index (χ1v) is 8.87. The fraction of sp³-hybridized carbons (Fsp3) is 0.400. The minimum Gasteiger partial charge on any atom is -0.326 e. The molecule has 23 heavy (non-hydrogen) atoms. The van der Waals surface area contributed by atoms with Gasteiger partial charge in [-0.1, -0.05) is 17.7 Å². The van der Waals surface area contributed by atoms with Gasteiger partial charge in [0.1, 0.15) is 12.6 Å². The van der Waals surface area contributed by atoms with Crippen LogP contribution >= 0.6 is 23.4 Å². The van der Waals surface area contributed by atoms with Crippen LogP contribution in [-0.2, 0) is 9.59 Å². The van der Waals surface area contributed by atoms with E-state index in [-0.39, 0.29) is 12.5 Å². The van der Waals surface area contributed by atoms with Crippen LogP contribution < -0.4 is 10.6 Å². The number of hydrogen-bond acceptors (Lipinski definition) is 4. The zero-order valence-electron chi connectivity index (χ0n) is 12.9. The van der Waals surface area contributed by atoms with E-state index in [4.69, 9.17) is 11.6 Å². The van der Waals surface area contributed by atoms with Crippen molar-refractivity contribution in [1.82, 2.24) is 10.2 Å². The maximum atomic E-state index is 12.2. The topological polar surface area (TPSA) is 78.5 Å². The molecule has 1 heterocycles. The molecular weight excluding hydrogens is 338 g/mol. The van der Waals surface area contributed by atoms with E-state index in [1.54, 1.807) is 36.9 Å². The Bertz CT molecular complexity index is 638. The normalized spacial score (nSPS) is 17.3. The molecule has 2 rings (SSSR count). The number of halogens is 1. The Hall–Kier alpha value is -1.73. The molecular formula is C15H18ClN3O3S. The van der Waals surface area contributed by atoms with Crippen LogP contribution in [-0.4, -0.2) is 47.3 Å². The van der Waals surface area contributed by atoms with E-state index in [1.165, 1.54) is 0 Å². The SMILES string of the molecule is CSCCC1NC(=O)N(CC(=O)Nc2cccc(Cl)c2C)C1=O. The summed E-state index contributed by atoms with van der Waals surface area (Å²) >= 11 is 7.60. The summed E-state index contributed by atoms with van der Waals surface area (Å²) in [4.78, 5) is 37.1. The Morgan fingerprint density at radius 1 is 1.43 bits per heavy atom. The second-order valence-electron chi connectivity index (χ2n) is 5.17. The molecule has 1 aliphatic heterocycles. The lowest BCUT2D eigenvalue weighted by Gasteiger charge is -2.14. The van der Waals surface area contributed by atoms with E-state index < -0.39 is 18.0 Å². The van der Waals surface area contributed by atoms with Crippen molar-refractivity contribution in [2.75, 3.05) is 23.9 Å². The number of imide groups is 1. The van der Waals surface area contributed by atoms with Crippen LogP contribution in [0.25, 0.3) is 0 Å². The first kappa shape index (κ1) is 17.6. The number of nitrogens with one attached hydrogen (secondary N) is 2. The molecule has 1 aromatic carbocycles. The van der Waals surface area contributed by atoms with Gasteiger partial charge in [-0.05, 0) is 43.0 Å². The van der Waals surface area contributed by atoms with E-state index in [1.807, 2.05) is 6.26 Å². The lowest BCUT2D eigenvalue weighted by molar-refractivity contribution is -0.130. The summed E-state index contributed by atoms with van der Waals surface area (Å²) in [5.74, 6) is -0.0373. The molecule has 0 aromatic heterocycles. The van der Waals surface area contributed by atoms with Crippen molar-refractivity contribution < 1.29 is 14.4 Å². The number of hydrogen-bond donors (Lipinski definition) is 2. The van der Waals surface area contributed by atoms with Gasteiger partial charge in [0.2, 0.25) is 5.91 Å². The van der Waals surface area contributed by atoms with Gasteiger partial charge in [0, 0.05) is 10.7 Å². The lowest BCUT2D eigenvalue weighted by atomic mass is 10.2. The number of carbonyl (C=O) groups excluding carboxylic acids is 3. The molecule has 2 N–H and O–H groups in total. The van der Waals surface area contributed by atoms with Crippen LogP contribution in [0.1, 0.15) is 12.0 Å². The molecule has 1 unspecified atom stereocenters. The van der Waals surface area contributed by atoms with Crippen molar-refractivity contribution in [3.05, 3.63) is 28.8 Å². The minimum atomic E-state index is -0.546. The summed E-state index contributed by atoms with van der Waals surface area (Å²) in [5, 5.41) is 5.81. The standard InChI is InChI=1S/C15H18ClN3O3S/c1-9-10(16)4-3-5-11(9)17-13(20)8-19-14(21)12(6-7-23-2)18-15(19)22/h3-5,12H,6-8H2,1-2H3,(H,17,20)(H,18,22). The molecule has 0 spiro atoms. The molecule has 124 valence electrons. The van der Waals surface area contributed by atoms with Crippen molar-refractivity contribution in [2.24, 2.45) is 0 Å². The van der Waals surface area contributed by atoms with Crippen LogP contribution in [0, 0.1) is 6.92 Å². The van der Waals surface area contributed by atoms with Gasteiger partial charge in [0.05, 0.1) is 0 Å². The first-order chi connectivity index (χ1) is 10.9. The van der Waals surface area contributed by atoms with Gasteiger partial charge in [-0.2, -0.15) is 11.8 Å². The number of thioether (sulfide) groups is 1. The average Bonchev–Trinajstić information content (AvgIpc) is 2.77. The van der Waals surface area contributed by atoms with Crippen LogP contribution in [0.15, 0.2) is 18.2 Å². The Kier molecular flexibility index (Phi) is 5.90. The molecule has 8 heteroatoms. The Morgan fingerprint density at radius 2 is 2.17 bits per heavy atom. The predicted molar refractivity (Wildman–Crippen MR) is 91.9 cm³/mol. The van der Waals surface area contributed by atoms with Crippen LogP contribution in [0.4, 0.5) is 10.5 Å². The van der Waals surface area contributed by atoms with Crippen molar-refractivity contribution in [2.45, 2.75) is 19.4 Å². The Balaban J connectivity index is 1.98. The largest absolute Gasteiger partial charge is 0.326 e. The number of rotatable bonds is 6. The molecule has 0 bridgehead atoms. The van der Waals surface area contributed by atoms with Crippen LogP contribution in [0.2, 0.25) is 5.02 Å². The summed E-state index contributed by atoms with van der Waals surface area (Å²) in [6.45, 7) is 1.47. The molecule has 0 saturated carbocycles. The maximum absolute atomic E-state index is 12.2. The van der Waals surface area contributed by atoms with Gasteiger partial charge in [0.15, 0.2) is 0 Å². The number of carbonyl (C=O) groups is 3. The number of nitrogens with zero attached hydrogens (tertiary/aromatic N) is 1. The van der Waals surface area contributed by atoms with E-state index in [2.05, 4.69) is 10.6 Å². The fourth-order valence-electron chi connectivity index (χ4n) is 2.23. The number of urea groups is 1. The highest BCUT2D eigenvalue weighted by molar-refractivity contribution is 7.98. The summed E-state index contributed by atoms with van der Waals surface area (Å²) in [6, 6.07) is 4.08. The molecule has 1 aliphatic rings. The summed E-state index contributed by atoms with van der Waals surface area (Å²) in [7, 11) is 0. The molecule has 1 atom stereocenters. The van der Waals surface area contributed by atoms with Crippen molar-refractivity contribution in [3.8, 4) is 0 Å². The maximum Gasteiger partial charge on any atom is 0.325 e. The van der Waals surface area contributed by atoms with Gasteiger partial charge in [-0.3, -0.25) is 14.5 Å². The third-order valence-electron chi connectivity index (χ3n) is 3.56. The molecule has 0 radical (unpaired) electrons. The highest BCUT2D eigenvalue weighted by Crippen LogP contribution is 2.23. The van der Waals surface area contributed by atoms with E-state index >= 15 is 0 Å². The van der Waals surface area contributed by atoms with Crippen molar-refractivity contribution in [3.63, 3.8) is 0 Å². The molecule has 4 amide bonds. The van der Waals surface area contributed by atoms with Gasteiger partial charge in [-0.25, -0.2) is 4.79 Å². The highest BCUT2D eigenvalue weighted by Gasteiger charge is 2.38. The van der Waals surface area contributed by atoms with Gasteiger partial charge in [-0.15, -0.1) is 0 Å². The predicted octanol–water partition coefficient (Wildman–Crippen LogP) is 2.26. The molecule has 1 saturated heterocycles. The smallest absolute Gasteiger partial charge is 0.325 e. The Morgan fingerprint density at radius 3 is 2.87 bits per heavy atom. The average molecular weight is 356 g/mol. The molecule has 1 aromatic rings. The van der Waals surface area contributed by atoms with Gasteiger partial charge >= 0.3 is 6.03 Å².